The van der Waals surface area contributed by atoms with Gasteiger partial charge in [-0.2, -0.15) is 4.73 Å². The van der Waals surface area contributed by atoms with Crippen molar-refractivity contribution >= 4 is 17.2 Å². The van der Waals surface area contributed by atoms with Crippen LogP contribution >= 0.6 is 11.3 Å². The zero-order valence-corrected chi connectivity index (χ0v) is 11.2. The molecule has 2 aromatic heterocycles. The van der Waals surface area contributed by atoms with Crippen molar-refractivity contribution in [2.24, 2.45) is 0 Å². The van der Waals surface area contributed by atoms with Gasteiger partial charge >= 0.3 is 0 Å². The SMILES string of the molecule is O=C(c1cc[n+]([O-])cc1)N(Cc1cccs1)C1CC1. The van der Waals surface area contributed by atoms with Crippen molar-refractivity contribution in [1.82, 2.24) is 4.90 Å². The van der Waals surface area contributed by atoms with Crippen LogP contribution < -0.4 is 4.73 Å². The Morgan fingerprint density at radius 2 is 2.11 bits per heavy atom. The third-order valence-electron chi connectivity index (χ3n) is 3.20. The monoisotopic (exact) mass is 274 g/mol. The first-order valence-electron chi connectivity index (χ1n) is 6.26. The summed E-state index contributed by atoms with van der Waals surface area (Å²) in [6.45, 7) is 0.660. The molecular weight excluding hydrogens is 260 g/mol. The molecule has 98 valence electrons. The maximum absolute atomic E-state index is 12.5. The topological polar surface area (TPSA) is 47.2 Å². The number of amides is 1. The van der Waals surface area contributed by atoms with E-state index in [0.29, 0.717) is 22.9 Å². The van der Waals surface area contributed by atoms with Crippen LogP contribution in [0.1, 0.15) is 28.1 Å². The first kappa shape index (κ1) is 12.2. The summed E-state index contributed by atoms with van der Waals surface area (Å²) < 4.78 is 0.692. The fourth-order valence-corrected chi connectivity index (χ4v) is 2.75. The summed E-state index contributed by atoms with van der Waals surface area (Å²) in [5, 5.41) is 13.0. The molecule has 19 heavy (non-hydrogen) atoms. The third-order valence-corrected chi connectivity index (χ3v) is 4.06. The van der Waals surface area contributed by atoms with Crippen LogP contribution in [-0.2, 0) is 6.54 Å². The highest BCUT2D eigenvalue weighted by atomic mass is 32.1. The van der Waals surface area contributed by atoms with Gasteiger partial charge in [0.2, 0.25) is 0 Å². The Balaban J connectivity index is 1.79. The molecule has 1 aliphatic carbocycles. The van der Waals surface area contributed by atoms with Crippen LogP contribution in [-0.4, -0.2) is 16.8 Å². The second kappa shape index (κ2) is 5.01. The van der Waals surface area contributed by atoms with E-state index in [0.717, 1.165) is 12.8 Å². The smallest absolute Gasteiger partial charge is 0.254 e. The standard InChI is InChI=1S/C14H14N2O2S/c17-14(11-5-7-15(18)8-6-11)16(12-3-4-12)10-13-2-1-9-19-13/h1-2,5-9,12H,3-4,10H2. The first-order valence-corrected chi connectivity index (χ1v) is 7.14. The Kier molecular flexibility index (Phi) is 3.21. The molecule has 1 saturated carbocycles. The molecule has 0 aliphatic heterocycles. The average molecular weight is 274 g/mol. The van der Waals surface area contributed by atoms with Gasteiger partial charge in [0.25, 0.3) is 5.91 Å². The molecule has 0 aromatic carbocycles. The molecule has 0 unspecified atom stereocenters. The molecule has 2 heterocycles. The Bertz CT molecular complexity index is 562. The van der Waals surface area contributed by atoms with Gasteiger partial charge < -0.3 is 10.1 Å². The summed E-state index contributed by atoms with van der Waals surface area (Å²) in [5.74, 6) is 0.0106. The largest absolute Gasteiger partial charge is 0.619 e. The van der Waals surface area contributed by atoms with Gasteiger partial charge in [-0.25, -0.2) is 0 Å². The number of hydrogen-bond donors (Lipinski definition) is 0. The van der Waals surface area contributed by atoms with E-state index in [1.807, 2.05) is 22.4 Å². The molecular formula is C14H14N2O2S. The molecule has 1 fully saturated rings. The van der Waals surface area contributed by atoms with E-state index in [4.69, 9.17) is 0 Å². The van der Waals surface area contributed by atoms with Crippen molar-refractivity contribution in [3.8, 4) is 0 Å². The van der Waals surface area contributed by atoms with Gasteiger partial charge in [0.1, 0.15) is 0 Å². The van der Waals surface area contributed by atoms with Gasteiger partial charge in [-0.1, -0.05) is 6.07 Å². The molecule has 1 amide bonds. The minimum Gasteiger partial charge on any atom is -0.619 e. The van der Waals surface area contributed by atoms with Crippen molar-refractivity contribution in [2.75, 3.05) is 0 Å². The highest BCUT2D eigenvalue weighted by molar-refractivity contribution is 7.09. The molecule has 1 aliphatic rings. The second-order valence-corrected chi connectivity index (χ2v) is 5.72. The number of rotatable bonds is 4. The predicted octanol–water partition coefficient (Wildman–Crippen LogP) is 2.19. The van der Waals surface area contributed by atoms with E-state index in [1.54, 1.807) is 23.5 Å². The van der Waals surface area contributed by atoms with Crippen molar-refractivity contribution in [2.45, 2.75) is 25.4 Å². The van der Waals surface area contributed by atoms with Crippen LogP contribution in [0, 0.1) is 5.21 Å². The Morgan fingerprint density at radius 1 is 1.37 bits per heavy atom. The van der Waals surface area contributed by atoms with Crippen LogP contribution in [0.2, 0.25) is 0 Å². The lowest BCUT2D eigenvalue weighted by Gasteiger charge is -2.21. The molecule has 4 nitrogen and oxygen atoms in total. The predicted molar refractivity (Wildman–Crippen MR) is 72.6 cm³/mol. The normalized spacial score (nSPS) is 14.3. The van der Waals surface area contributed by atoms with Crippen molar-refractivity contribution < 1.29 is 9.52 Å². The maximum atomic E-state index is 12.5. The molecule has 0 saturated heterocycles. The lowest BCUT2D eigenvalue weighted by atomic mass is 10.2. The van der Waals surface area contributed by atoms with Crippen LogP contribution in [0.15, 0.2) is 42.0 Å². The molecule has 0 spiro atoms. The minimum atomic E-state index is 0.0106. The molecule has 5 heteroatoms. The van der Waals surface area contributed by atoms with Crippen molar-refractivity contribution in [3.63, 3.8) is 0 Å². The van der Waals surface area contributed by atoms with Gasteiger partial charge in [0, 0.05) is 23.1 Å². The molecule has 0 radical (unpaired) electrons. The fraction of sp³-hybridized carbons (Fsp3) is 0.286. The lowest BCUT2D eigenvalue weighted by molar-refractivity contribution is -0.605. The molecule has 3 rings (SSSR count). The number of nitrogens with zero attached hydrogens (tertiary/aromatic N) is 2. The van der Waals surface area contributed by atoms with E-state index >= 15 is 0 Å². The van der Waals surface area contributed by atoms with Crippen molar-refractivity contribution in [3.05, 3.63) is 57.7 Å². The summed E-state index contributed by atoms with van der Waals surface area (Å²) in [4.78, 5) is 15.6. The molecule has 0 bridgehead atoms. The van der Waals surface area contributed by atoms with Gasteiger partial charge in [-0.3, -0.25) is 4.79 Å². The van der Waals surface area contributed by atoms with Crippen LogP contribution in [0.25, 0.3) is 0 Å². The van der Waals surface area contributed by atoms with Gasteiger partial charge in [-0.15, -0.1) is 11.3 Å². The summed E-state index contributed by atoms with van der Waals surface area (Å²) in [5.41, 5.74) is 0.579. The van der Waals surface area contributed by atoms with Crippen LogP contribution in [0.5, 0.6) is 0 Å². The quantitative estimate of drug-likeness (QED) is 0.634. The third kappa shape index (κ3) is 2.76. The summed E-state index contributed by atoms with van der Waals surface area (Å²) >= 11 is 1.66. The van der Waals surface area contributed by atoms with Gasteiger partial charge in [-0.05, 0) is 24.3 Å². The van der Waals surface area contributed by atoms with Crippen LogP contribution in [0.4, 0.5) is 0 Å². The zero-order chi connectivity index (χ0) is 13.2. The molecule has 0 atom stereocenters. The fourth-order valence-electron chi connectivity index (χ4n) is 2.04. The van der Waals surface area contributed by atoms with E-state index in [-0.39, 0.29) is 5.91 Å². The Morgan fingerprint density at radius 3 is 2.68 bits per heavy atom. The molecule has 0 N–H and O–H groups in total. The number of carbonyl (C=O) groups excluding carboxylic acids is 1. The summed E-state index contributed by atoms with van der Waals surface area (Å²) in [7, 11) is 0. The van der Waals surface area contributed by atoms with Gasteiger partial charge in [0.05, 0.1) is 12.1 Å². The second-order valence-electron chi connectivity index (χ2n) is 4.69. The number of pyridine rings is 1. The Hall–Kier alpha value is -1.88. The van der Waals surface area contributed by atoms with Crippen LogP contribution in [0.3, 0.4) is 0 Å². The minimum absolute atomic E-state index is 0.0106. The maximum Gasteiger partial charge on any atom is 0.254 e. The van der Waals surface area contributed by atoms with Crippen molar-refractivity contribution in [1.29, 1.82) is 0 Å². The first-order chi connectivity index (χ1) is 9.24. The van der Waals surface area contributed by atoms with E-state index in [2.05, 4.69) is 0 Å². The lowest BCUT2D eigenvalue weighted by Crippen LogP contribution is -2.33. The zero-order valence-electron chi connectivity index (χ0n) is 10.4. The van der Waals surface area contributed by atoms with E-state index in [1.165, 1.54) is 17.3 Å². The van der Waals surface area contributed by atoms with Gasteiger partial charge in [0.15, 0.2) is 12.4 Å². The Labute approximate surface area is 115 Å². The highest BCUT2D eigenvalue weighted by Crippen LogP contribution is 2.30. The number of aromatic nitrogens is 1. The summed E-state index contributed by atoms with van der Waals surface area (Å²) in [6.07, 6.45) is 4.88. The average Bonchev–Trinajstić information content (AvgIpc) is 3.13. The number of carbonyl (C=O) groups is 1. The van der Waals surface area contributed by atoms with E-state index < -0.39 is 0 Å². The highest BCUT2D eigenvalue weighted by Gasteiger charge is 2.33. The van der Waals surface area contributed by atoms with E-state index in [9.17, 15) is 10.0 Å². The number of thiophene rings is 1. The number of hydrogen-bond acceptors (Lipinski definition) is 3. The molecule has 2 aromatic rings. The summed E-state index contributed by atoms with van der Waals surface area (Å²) in [6, 6.07) is 7.56.